The Hall–Kier alpha value is -0.650. The number of hydrogen-bond donors (Lipinski definition) is 3. The van der Waals surface area contributed by atoms with E-state index in [1.165, 1.54) is 7.11 Å². The van der Waals surface area contributed by atoms with Gasteiger partial charge in [-0.2, -0.15) is 0 Å². The van der Waals surface area contributed by atoms with Gasteiger partial charge in [-0.15, -0.1) is 0 Å². The predicted octanol–water partition coefficient (Wildman–Crippen LogP) is -1.12. The first-order valence-electron chi connectivity index (χ1n) is 4.78. The Kier molecular flexibility index (Phi) is 4.31. The summed E-state index contributed by atoms with van der Waals surface area (Å²) in [5.74, 6) is -0.0255. The summed E-state index contributed by atoms with van der Waals surface area (Å²) < 4.78 is 4.64. The molecule has 1 rings (SSSR count). The van der Waals surface area contributed by atoms with Crippen LogP contribution in [-0.4, -0.2) is 48.6 Å². The van der Waals surface area contributed by atoms with E-state index in [0.29, 0.717) is 5.92 Å². The number of nitrogens with one attached hydrogen (secondary N) is 1. The number of aliphatic hydroxyl groups is 2. The maximum Gasteiger partial charge on any atom is 0.323 e. The summed E-state index contributed by atoms with van der Waals surface area (Å²) in [6, 6.07) is -0.830. The Morgan fingerprint density at radius 3 is 2.43 bits per heavy atom. The van der Waals surface area contributed by atoms with Crippen molar-refractivity contribution in [2.24, 2.45) is 5.92 Å². The van der Waals surface area contributed by atoms with Gasteiger partial charge in [0.05, 0.1) is 26.4 Å². The average Bonchev–Trinajstić information content (AvgIpc) is 3.02. The number of ether oxygens (including phenoxy) is 1. The first-order valence-corrected chi connectivity index (χ1v) is 4.78. The van der Waals surface area contributed by atoms with Crippen LogP contribution in [-0.2, 0) is 9.53 Å². The quantitative estimate of drug-likeness (QED) is 0.477. The molecule has 82 valence electrons. The normalized spacial score (nSPS) is 18.3. The molecule has 0 aromatic heterocycles. The minimum Gasteiger partial charge on any atom is -0.468 e. The summed E-state index contributed by atoms with van der Waals surface area (Å²) >= 11 is 0. The van der Waals surface area contributed by atoms with E-state index < -0.39 is 6.04 Å². The van der Waals surface area contributed by atoms with E-state index in [1.54, 1.807) is 0 Å². The largest absolute Gasteiger partial charge is 0.468 e. The first kappa shape index (κ1) is 11.4. The molecule has 1 aliphatic rings. The van der Waals surface area contributed by atoms with Gasteiger partial charge in [-0.05, 0) is 18.8 Å². The van der Waals surface area contributed by atoms with Crippen molar-refractivity contribution in [3.63, 3.8) is 0 Å². The zero-order valence-electron chi connectivity index (χ0n) is 8.27. The summed E-state index contributed by atoms with van der Waals surface area (Å²) in [4.78, 5) is 11.3. The maximum absolute atomic E-state index is 11.3. The highest BCUT2D eigenvalue weighted by molar-refractivity contribution is 5.76. The molecule has 5 nitrogen and oxygen atoms in total. The number of methoxy groups -OCH3 is 1. The van der Waals surface area contributed by atoms with E-state index in [4.69, 9.17) is 10.2 Å². The topological polar surface area (TPSA) is 78.8 Å². The van der Waals surface area contributed by atoms with Gasteiger partial charge in [0.1, 0.15) is 6.04 Å². The van der Waals surface area contributed by atoms with Crippen LogP contribution in [0.1, 0.15) is 12.8 Å². The standard InChI is InChI=1S/C9H17NO4/c1-14-9(13)8(6-2-3-6)10-7(4-11)5-12/h6-8,10-12H,2-5H2,1H3. The predicted molar refractivity (Wildman–Crippen MR) is 49.6 cm³/mol. The van der Waals surface area contributed by atoms with Crippen LogP contribution >= 0.6 is 0 Å². The van der Waals surface area contributed by atoms with Crippen molar-refractivity contribution in [1.29, 1.82) is 0 Å². The lowest BCUT2D eigenvalue weighted by molar-refractivity contribution is -0.144. The van der Waals surface area contributed by atoms with Crippen molar-refractivity contribution in [3.05, 3.63) is 0 Å². The van der Waals surface area contributed by atoms with E-state index in [0.717, 1.165) is 12.8 Å². The molecule has 0 bridgehead atoms. The van der Waals surface area contributed by atoms with Crippen LogP contribution in [0.3, 0.4) is 0 Å². The second-order valence-electron chi connectivity index (χ2n) is 3.57. The van der Waals surface area contributed by atoms with Gasteiger partial charge in [-0.25, -0.2) is 0 Å². The molecule has 0 saturated heterocycles. The molecular weight excluding hydrogens is 186 g/mol. The third-order valence-electron chi connectivity index (χ3n) is 2.40. The van der Waals surface area contributed by atoms with Crippen LogP contribution in [0, 0.1) is 5.92 Å². The summed E-state index contributed by atoms with van der Waals surface area (Å²) in [6.07, 6.45) is 1.99. The molecule has 1 fully saturated rings. The van der Waals surface area contributed by atoms with Gasteiger partial charge < -0.3 is 14.9 Å². The van der Waals surface area contributed by atoms with E-state index in [1.807, 2.05) is 0 Å². The van der Waals surface area contributed by atoms with Gasteiger partial charge in [-0.3, -0.25) is 10.1 Å². The molecule has 1 unspecified atom stereocenters. The van der Waals surface area contributed by atoms with E-state index in [2.05, 4.69) is 10.1 Å². The molecule has 1 aliphatic carbocycles. The second kappa shape index (κ2) is 5.29. The summed E-state index contributed by atoms with van der Waals surface area (Å²) in [5, 5.41) is 20.6. The van der Waals surface area contributed by atoms with Gasteiger partial charge in [0, 0.05) is 0 Å². The minimum absolute atomic E-state index is 0.184. The fourth-order valence-electron chi connectivity index (χ4n) is 1.37. The first-order chi connectivity index (χ1) is 6.72. The second-order valence-corrected chi connectivity index (χ2v) is 3.57. The number of rotatable bonds is 6. The van der Waals surface area contributed by atoms with Crippen LogP contribution < -0.4 is 5.32 Å². The molecule has 0 aromatic carbocycles. The van der Waals surface area contributed by atoms with Crippen molar-refractivity contribution in [1.82, 2.24) is 5.32 Å². The third kappa shape index (κ3) is 2.94. The van der Waals surface area contributed by atoms with Crippen molar-refractivity contribution in [2.45, 2.75) is 24.9 Å². The van der Waals surface area contributed by atoms with E-state index in [9.17, 15) is 4.79 Å². The number of aliphatic hydroxyl groups excluding tert-OH is 2. The summed E-state index contributed by atoms with van der Waals surface area (Å²) in [7, 11) is 1.34. The number of carbonyl (C=O) groups excluding carboxylic acids is 1. The van der Waals surface area contributed by atoms with Crippen molar-refractivity contribution >= 4 is 5.97 Å². The Balaban J connectivity index is 2.45. The van der Waals surface area contributed by atoms with E-state index >= 15 is 0 Å². The zero-order valence-corrected chi connectivity index (χ0v) is 8.27. The van der Waals surface area contributed by atoms with Crippen LogP contribution in [0.2, 0.25) is 0 Å². The van der Waals surface area contributed by atoms with Crippen LogP contribution in [0.4, 0.5) is 0 Å². The van der Waals surface area contributed by atoms with Crippen molar-refractivity contribution in [2.75, 3.05) is 20.3 Å². The van der Waals surface area contributed by atoms with Crippen molar-refractivity contribution in [3.8, 4) is 0 Å². The fourth-order valence-corrected chi connectivity index (χ4v) is 1.37. The van der Waals surface area contributed by atoms with Gasteiger partial charge in [-0.1, -0.05) is 0 Å². The van der Waals surface area contributed by atoms with Crippen LogP contribution in [0.5, 0.6) is 0 Å². The SMILES string of the molecule is COC(=O)C(NC(CO)CO)C1CC1. The summed E-state index contributed by atoms with van der Waals surface area (Å²) in [5.41, 5.74) is 0. The molecule has 0 aromatic rings. The Labute approximate surface area is 83.1 Å². The Morgan fingerprint density at radius 2 is 2.07 bits per heavy atom. The smallest absolute Gasteiger partial charge is 0.323 e. The maximum atomic E-state index is 11.3. The molecule has 0 radical (unpaired) electrons. The third-order valence-corrected chi connectivity index (χ3v) is 2.40. The molecular formula is C9H17NO4. The number of carbonyl (C=O) groups is 1. The molecule has 3 N–H and O–H groups in total. The average molecular weight is 203 g/mol. The van der Waals surface area contributed by atoms with E-state index in [-0.39, 0.29) is 25.2 Å². The molecule has 0 amide bonds. The molecule has 0 spiro atoms. The highest BCUT2D eigenvalue weighted by Crippen LogP contribution is 2.33. The van der Waals surface area contributed by atoms with Gasteiger partial charge in [0.2, 0.25) is 0 Å². The Morgan fingerprint density at radius 1 is 1.50 bits per heavy atom. The molecule has 0 aliphatic heterocycles. The van der Waals surface area contributed by atoms with Gasteiger partial charge >= 0.3 is 5.97 Å². The lowest BCUT2D eigenvalue weighted by Gasteiger charge is -2.20. The number of hydrogen-bond acceptors (Lipinski definition) is 5. The molecule has 1 saturated carbocycles. The molecule has 5 heteroatoms. The molecule has 14 heavy (non-hydrogen) atoms. The monoisotopic (exact) mass is 203 g/mol. The van der Waals surface area contributed by atoms with Crippen molar-refractivity contribution < 1.29 is 19.7 Å². The summed E-state index contributed by atoms with van der Waals surface area (Å²) in [6.45, 7) is -0.368. The minimum atomic E-state index is -0.445. The zero-order chi connectivity index (χ0) is 10.6. The number of esters is 1. The van der Waals surface area contributed by atoms with Crippen LogP contribution in [0.15, 0.2) is 0 Å². The lowest BCUT2D eigenvalue weighted by Crippen LogP contribution is -2.48. The highest BCUT2D eigenvalue weighted by atomic mass is 16.5. The lowest BCUT2D eigenvalue weighted by atomic mass is 10.1. The van der Waals surface area contributed by atoms with Crippen LogP contribution in [0.25, 0.3) is 0 Å². The van der Waals surface area contributed by atoms with Gasteiger partial charge in [0.15, 0.2) is 0 Å². The Bertz CT molecular complexity index is 189. The highest BCUT2D eigenvalue weighted by Gasteiger charge is 2.37. The molecule has 1 atom stereocenters. The fraction of sp³-hybridized carbons (Fsp3) is 0.889. The molecule has 0 heterocycles. The van der Waals surface area contributed by atoms with Gasteiger partial charge in [0.25, 0.3) is 0 Å².